The molecule has 4 heteroatoms. The van der Waals surface area contributed by atoms with Gasteiger partial charge in [-0.25, -0.2) is 0 Å². The summed E-state index contributed by atoms with van der Waals surface area (Å²) in [5.41, 5.74) is 6.12. The summed E-state index contributed by atoms with van der Waals surface area (Å²) in [6.45, 7) is 1.82. The third-order valence-electron chi connectivity index (χ3n) is 4.65. The molecule has 0 radical (unpaired) electrons. The van der Waals surface area contributed by atoms with E-state index in [1.54, 1.807) is 0 Å². The Bertz CT molecular complexity index is 293. The average molecular weight is 253 g/mol. The Kier molecular flexibility index (Phi) is 4.62. The minimum absolute atomic E-state index is 0.245. The van der Waals surface area contributed by atoms with Gasteiger partial charge < -0.3 is 15.5 Å². The Labute approximate surface area is 110 Å². The summed E-state index contributed by atoms with van der Waals surface area (Å²) in [5.74, 6) is 0.742. The number of hydrogen-bond acceptors (Lipinski definition) is 3. The van der Waals surface area contributed by atoms with Gasteiger partial charge in [0.1, 0.15) is 0 Å². The predicted octanol–water partition coefficient (Wildman–Crippen LogP) is 1.06. The van der Waals surface area contributed by atoms with Crippen LogP contribution in [-0.4, -0.2) is 55.0 Å². The van der Waals surface area contributed by atoms with E-state index in [0.29, 0.717) is 24.3 Å². The maximum atomic E-state index is 12.3. The van der Waals surface area contributed by atoms with Gasteiger partial charge in [0.2, 0.25) is 5.91 Å². The molecule has 1 heterocycles. The number of nitrogens with zero attached hydrogens (tertiary/aromatic N) is 2. The molecule has 4 nitrogen and oxygen atoms in total. The molecule has 0 spiro atoms. The molecule has 1 amide bonds. The Morgan fingerprint density at radius 1 is 1.28 bits per heavy atom. The first-order valence-corrected chi connectivity index (χ1v) is 7.27. The molecule has 3 unspecified atom stereocenters. The molecule has 3 atom stereocenters. The summed E-state index contributed by atoms with van der Waals surface area (Å²) in [4.78, 5) is 16.5. The number of likely N-dealkylation sites (tertiary alicyclic amines) is 1. The number of hydrogen-bond donors (Lipinski definition) is 1. The summed E-state index contributed by atoms with van der Waals surface area (Å²) in [6, 6.07) is 0.781. The minimum atomic E-state index is 0.245. The first-order chi connectivity index (χ1) is 8.58. The summed E-state index contributed by atoms with van der Waals surface area (Å²) in [7, 11) is 4.19. The Morgan fingerprint density at radius 2 is 2.00 bits per heavy atom. The van der Waals surface area contributed by atoms with E-state index in [1.807, 2.05) is 4.90 Å². The van der Waals surface area contributed by atoms with Gasteiger partial charge in [0, 0.05) is 31.6 Å². The van der Waals surface area contributed by atoms with Crippen LogP contribution in [0.2, 0.25) is 0 Å². The number of likely N-dealkylation sites (N-methyl/N-ethyl adjacent to an activating group) is 1. The molecule has 2 N–H and O–H groups in total. The van der Waals surface area contributed by atoms with Crippen molar-refractivity contribution in [3.8, 4) is 0 Å². The maximum absolute atomic E-state index is 12.3. The third kappa shape index (κ3) is 3.23. The van der Waals surface area contributed by atoms with Crippen molar-refractivity contribution in [3.63, 3.8) is 0 Å². The SMILES string of the molecule is CN(C)C1CCN(C(=O)CC2CCCCC2N)C1. The van der Waals surface area contributed by atoms with Crippen molar-refractivity contribution < 1.29 is 4.79 Å². The molecule has 1 saturated carbocycles. The van der Waals surface area contributed by atoms with E-state index in [1.165, 1.54) is 12.8 Å². The van der Waals surface area contributed by atoms with Crippen molar-refractivity contribution in [3.05, 3.63) is 0 Å². The van der Waals surface area contributed by atoms with Gasteiger partial charge in [-0.15, -0.1) is 0 Å². The highest BCUT2D eigenvalue weighted by Gasteiger charge is 2.30. The Hall–Kier alpha value is -0.610. The van der Waals surface area contributed by atoms with Crippen LogP contribution in [0.5, 0.6) is 0 Å². The summed E-state index contributed by atoms with van der Waals surface area (Å²) in [6.07, 6.45) is 6.48. The molecule has 1 aliphatic carbocycles. The number of amides is 1. The van der Waals surface area contributed by atoms with Gasteiger partial charge in [-0.2, -0.15) is 0 Å². The van der Waals surface area contributed by atoms with Crippen molar-refractivity contribution in [1.29, 1.82) is 0 Å². The van der Waals surface area contributed by atoms with Gasteiger partial charge in [-0.3, -0.25) is 4.79 Å². The third-order valence-corrected chi connectivity index (χ3v) is 4.65. The van der Waals surface area contributed by atoms with Gasteiger partial charge in [-0.1, -0.05) is 12.8 Å². The van der Waals surface area contributed by atoms with Crippen molar-refractivity contribution in [2.24, 2.45) is 11.7 Å². The van der Waals surface area contributed by atoms with E-state index in [9.17, 15) is 4.79 Å². The number of rotatable bonds is 3. The summed E-state index contributed by atoms with van der Waals surface area (Å²) >= 11 is 0. The van der Waals surface area contributed by atoms with Crippen LogP contribution in [0, 0.1) is 5.92 Å². The normalized spacial score (nSPS) is 33.1. The lowest BCUT2D eigenvalue weighted by atomic mass is 9.83. The molecule has 0 aromatic rings. The highest BCUT2D eigenvalue weighted by atomic mass is 16.2. The molecule has 2 rings (SSSR count). The zero-order chi connectivity index (χ0) is 13.1. The van der Waals surface area contributed by atoms with Crippen LogP contribution in [-0.2, 0) is 4.79 Å². The monoisotopic (exact) mass is 253 g/mol. The van der Waals surface area contributed by atoms with Crippen molar-refractivity contribution in [1.82, 2.24) is 9.80 Å². The van der Waals surface area contributed by atoms with Crippen LogP contribution in [0.4, 0.5) is 0 Å². The van der Waals surface area contributed by atoms with Crippen LogP contribution < -0.4 is 5.73 Å². The second-order valence-corrected chi connectivity index (χ2v) is 6.16. The molecular formula is C14H27N3O. The fourth-order valence-electron chi connectivity index (χ4n) is 3.23. The van der Waals surface area contributed by atoms with Crippen LogP contribution in [0.25, 0.3) is 0 Å². The molecule has 1 aliphatic heterocycles. The van der Waals surface area contributed by atoms with Crippen LogP contribution >= 0.6 is 0 Å². The fraction of sp³-hybridized carbons (Fsp3) is 0.929. The molecule has 18 heavy (non-hydrogen) atoms. The van der Waals surface area contributed by atoms with E-state index in [2.05, 4.69) is 19.0 Å². The zero-order valence-electron chi connectivity index (χ0n) is 11.8. The fourth-order valence-corrected chi connectivity index (χ4v) is 3.23. The van der Waals surface area contributed by atoms with Crippen molar-refractivity contribution >= 4 is 5.91 Å². The number of carbonyl (C=O) groups excluding carboxylic acids is 1. The average Bonchev–Trinajstić information content (AvgIpc) is 2.81. The number of nitrogens with two attached hydrogens (primary N) is 1. The van der Waals surface area contributed by atoms with E-state index in [-0.39, 0.29) is 6.04 Å². The first-order valence-electron chi connectivity index (χ1n) is 7.27. The highest BCUT2D eigenvalue weighted by Crippen LogP contribution is 2.27. The molecule has 0 aromatic carbocycles. The summed E-state index contributed by atoms with van der Waals surface area (Å²) in [5, 5.41) is 0. The lowest BCUT2D eigenvalue weighted by molar-refractivity contribution is -0.131. The largest absolute Gasteiger partial charge is 0.341 e. The zero-order valence-corrected chi connectivity index (χ0v) is 11.8. The van der Waals surface area contributed by atoms with E-state index in [4.69, 9.17) is 5.73 Å². The molecule has 104 valence electrons. The van der Waals surface area contributed by atoms with Crippen molar-refractivity contribution in [2.45, 2.75) is 50.6 Å². The molecule has 0 aromatic heterocycles. The van der Waals surface area contributed by atoms with Crippen molar-refractivity contribution in [2.75, 3.05) is 27.2 Å². The van der Waals surface area contributed by atoms with Crippen LogP contribution in [0.1, 0.15) is 38.5 Å². The van der Waals surface area contributed by atoms with Crippen LogP contribution in [0.3, 0.4) is 0 Å². The van der Waals surface area contributed by atoms with Gasteiger partial charge in [-0.05, 0) is 39.3 Å². The smallest absolute Gasteiger partial charge is 0.222 e. The lowest BCUT2D eigenvalue weighted by Crippen LogP contribution is -2.39. The quantitative estimate of drug-likeness (QED) is 0.818. The molecule has 2 aliphatic rings. The first kappa shape index (κ1) is 13.8. The predicted molar refractivity (Wildman–Crippen MR) is 73.2 cm³/mol. The van der Waals surface area contributed by atoms with E-state index < -0.39 is 0 Å². The standard InChI is InChI=1S/C14H27N3O/c1-16(2)12-7-8-17(10-12)14(18)9-11-5-3-4-6-13(11)15/h11-13H,3-10,15H2,1-2H3. The topological polar surface area (TPSA) is 49.6 Å². The van der Waals surface area contributed by atoms with Gasteiger partial charge in [0.25, 0.3) is 0 Å². The molecule has 0 bridgehead atoms. The molecule has 1 saturated heterocycles. The van der Waals surface area contributed by atoms with Gasteiger partial charge >= 0.3 is 0 Å². The minimum Gasteiger partial charge on any atom is -0.341 e. The summed E-state index contributed by atoms with van der Waals surface area (Å²) < 4.78 is 0. The van der Waals surface area contributed by atoms with Gasteiger partial charge in [0.05, 0.1) is 0 Å². The second kappa shape index (κ2) is 6.02. The highest BCUT2D eigenvalue weighted by molar-refractivity contribution is 5.76. The van der Waals surface area contributed by atoms with E-state index in [0.717, 1.165) is 32.4 Å². The van der Waals surface area contributed by atoms with E-state index >= 15 is 0 Å². The lowest BCUT2D eigenvalue weighted by Gasteiger charge is -2.29. The number of carbonyl (C=O) groups is 1. The van der Waals surface area contributed by atoms with Crippen LogP contribution in [0.15, 0.2) is 0 Å². The molecule has 2 fully saturated rings. The molecular weight excluding hydrogens is 226 g/mol. The maximum Gasteiger partial charge on any atom is 0.222 e. The van der Waals surface area contributed by atoms with Gasteiger partial charge in [0.15, 0.2) is 0 Å². The Morgan fingerprint density at radius 3 is 2.61 bits per heavy atom. The Balaban J connectivity index is 1.81. The second-order valence-electron chi connectivity index (χ2n) is 6.16.